The highest BCUT2D eigenvalue weighted by Crippen LogP contribution is 2.28. The summed E-state index contributed by atoms with van der Waals surface area (Å²) in [6.07, 6.45) is 3.80. The Kier molecular flexibility index (Phi) is 2.85. The van der Waals surface area contributed by atoms with Crippen molar-refractivity contribution in [3.63, 3.8) is 0 Å². The zero-order chi connectivity index (χ0) is 8.27. The largest absolute Gasteiger partial charge is 0.272 e. The number of rotatable bonds is 1. The number of carbonyl (C=O) groups excluding carboxylic acids is 1. The quantitative estimate of drug-likeness (QED) is 0.581. The molecular formula is C8H14FNO. The van der Waals surface area contributed by atoms with Crippen molar-refractivity contribution in [2.45, 2.75) is 32.6 Å². The van der Waals surface area contributed by atoms with Crippen molar-refractivity contribution in [1.82, 2.24) is 5.54 Å². The fraction of sp³-hybridized carbons (Fsp3) is 0.875. The maximum Gasteiger partial charge on any atom is 0.250 e. The van der Waals surface area contributed by atoms with E-state index >= 15 is 0 Å². The van der Waals surface area contributed by atoms with E-state index in [2.05, 4.69) is 6.92 Å². The molecule has 0 aromatic heterocycles. The number of amides is 1. The summed E-state index contributed by atoms with van der Waals surface area (Å²) in [5, 5.41) is 0. The lowest BCUT2D eigenvalue weighted by molar-refractivity contribution is -0.130. The van der Waals surface area contributed by atoms with Gasteiger partial charge in [-0.05, 0) is 31.6 Å². The standard InChI is InChI=1S/C8H14FNO/c1-6-2-4-7(5-3-6)8(11)10-9/h6-7H,2-5H2,1H3,(H,10,11). The fourth-order valence-electron chi connectivity index (χ4n) is 1.60. The van der Waals surface area contributed by atoms with Crippen LogP contribution in [0.4, 0.5) is 4.48 Å². The molecule has 11 heavy (non-hydrogen) atoms. The highest BCUT2D eigenvalue weighted by Gasteiger charge is 2.23. The molecule has 1 aliphatic carbocycles. The average molecular weight is 159 g/mol. The van der Waals surface area contributed by atoms with Gasteiger partial charge in [0.1, 0.15) is 0 Å². The molecule has 0 bridgehead atoms. The van der Waals surface area contributed by atoms with Crippen LogP contribution in [-0.4, -0.2) is 5.91 Å². The van der Waals surface area contributed by atoms with E-state index in [4.69, 9.17) is 0 Å². The van der Waals surface area contributed by atoms with Gasteiger partial charge < -0.3 is 0 Å². The van der Waals surface area contributed by atoms with Crippen LogP contribution in [0.2, 0.25) is 0 Å². The summed E-state index contributed by atoms with van der Waals surface area (Å²) >= 11 is 0. The van der Waals surface area contributed by atoms with Crippen LogP contribution in [0.1, 0.15) is 32.6 Å². The molecule has 2 nitrogen and oxygen atoms in total. The third kappa shape index (κ3) is 2.17. The molecule has 1 saturated carbocycles. The highest BCUT2D eigenvalue weighted by molar-refractivity contribution is 5.77. The first-order chi connectivity index (χ1) is 5.24. The number of hydrogen-bond donors (Lipinski definition) is 1. The lowest BCUT2D eigenvalue weighted by Gasteiger charge is -2.23. The molecule has 3 heteroatoms. The minimum atomic E-state index is -0.433. The molecular weight excluding hydrogens is 145 g/mol. The van der Waals surface area contributed by atoms with E-state index in [1.165, 1.54) is 5.54 Å². The van der Waals surface area contributed by atoms with Crippen LogP contribution in [0.25, 0.3) is 0 Å². The Hall–Kier alpha value is -0.600. The van der Waals surface area contributed by atoms with Crippen LogP contribution < -0.4 is 5.54 Å². The van der Waals surface area contributed by atoms with E-state index < -0.39 is 5.91 Å². The lowest BCUT2D eigenvalue weighted by Crippen LogP contribution is -2.27. The smallest absolute Gasteiger partial charge is 0.250 e. The SMILES string of the molecule is CC1CCC(C(=O)NF)CC1. The third-order valence-corrected chi connectivity index (χ3v) is 2.48. The fourth-order valence-corrected chi connectivity index (χ4v) is 1.60. The van der Waals surface area contributed by atoms with E-state index in [1.807, 2.05) is 0 Å². The van der Waals surface area contributed by atoms with E-state index in [1.54, 1.807) is 0 Å². The Balaban J connectivity index is 2.33. The number of nitrogens with one attached hydrogen (secondary N) is 1. The molecule has 0 aromatic carbocycles. The second kappa shape index (κ2) is 3.69. The summed E-state index contributed by atoms with van der Waals surface area (Å²) in [4.78, 5) is 10.8. The van der Waals surface area contributed by atoms with Crippen LogP contribution in [0.15, 0.2) is 0 Å². The second-order valence-corrected chi connectivity index (χ2v) is 3.42. The van der Waals surface area contributed by atoms with E-state index in [9.17, 15) is 9.28 Å². The van der Waals surface area contributed by atoms with Crippen molar-refractivity contribution >= 4 is 5.91 Å². The first-order valence-electron chi connectivity index (χ1n) is 4.14. The van der Waals surface area contributed by atoms with Gasteiger partial charge in [-0.3, -0.25) is 4.79 Å². The predicted molar refractivity (Wildman–Crippen MR) is 40.4 cm³/mol. The zero-order valence-electron chi connectivity index (χ0n) is 6.77. The molecule has 0 aromatic rings. The molecule has 0 atom stereocenters. The zero-order valence-corrected chi connectivity index (χ0v) is 6.77. The first-order valence-corrected chi connectivity index (χ1v) is 4.14. The van der Waals surface area contributed by atoms with Gasteiger partial charge in [0, 0.05) is 5.92 Å². The van der Waals surface area contributed by atoms with Gasteiger partial charge in [-0.15, -0.1) is 4.48 Å². The summed E-state index contributed by atoms with van der Waals surface area (Å²) < 4.78 is 11.7. The average Bonchev–Trinajstić information content (AvgIpc) is 2.05. The maximum atomic E-state index is 11.7. The number of halogens is 1. The van der Waals surface area contributed by atoms with Crippen LogP contribution in [0, 0.1) is 11.8 Å². The summed E-state index contributed by atoms with van der Waals surface area (Å²) in [6.45, 7) is 2.17. The van der Waals surface area contributed by atoms with Crippen LogP contribution in [-0.2, 0) is 4.79 Å². The molecule has 1 N–H and O–H groups in total. The molecule has 0 saturated heterocycles. The Morgan fingerprint density at radius 2 is 1.91 bits per heavy atom. The van der Waals surface area contributed by atoms with Gasteiger partial charge in [-0.2, -0.15) is 5.54 Å². The van der Waals surface area contributed by atoms with Crippen molar-refractivity contribution in [2.24, 2.45) is 11.8 Å². The first kappa shape index (κ1) is 8.50. The maximum absolute atomic E-state index is 11.7. The van der Waals surface area contributed by atoms with Gasteiger partial charge in [0.05, 0.1) is 0 Å². The molecule has 64 valence electrons. The van der Waals surface area contributed by atoms with Crippen molar-refractivity contribution in [3.05, 3.63) is 0 Å². The van der Waals surface area contributed by atoms with Crippen LogP contribution in [0.3, 0.4) is 0 Å². The Morgan fingerprint density at radius 1 is 1.36 bits per heavy atom. The molecule has 0 unspecified atom stereocenters. The molecule has 1 fully saturated rings. The number of carbonyl (C=O) groups is 1. The van der Waals surface area contributed by atoms with Gasteiger partial charge in [-0.25, -0.2) is 0 Å². The normalized spacial score (nSPS) is 31.5. The summed E-state index contributed by atoms with van der Waals surface area (Å²) in [7, 11) is 0. The molecule has 0 heterocycles. The minimum absolute atomic E-state index is 0.0730. The topological polar surface area (TPSA) is 29.1 Å². The Bertz CT molecular complexity index is 141. The van der Waals surface area contributed by atoms with Crippen molar-refractivity contribution in [1.29, 1.82) is 0 Å². The summed E-state index contributed by atoms with van der Waals surface area (Å²) in [6, 6.07) is 0. The van der Waals surface area contributed by atoms with Gasteiger partial charge in [0.2, 0.25) is 0 Å². The summed E-state index contributed by atoms with van der Waals surface area (Å²) in [5.41, 5.74) is 1.21. The monoisotopic (exact) mass is 159 g/mol. The van der Waals surface area contributed by atoms with E-state index in [-0.39, 0.29) is 5.92 Å². The van der Waals surface area contributed by atoms with Crippen molar-refractivity contribution in [2.75, 3.05) is 0 Å². The minimum Gasteiger partial charge on any atom is -0.272 e. The molecule has 1 aliphatic rings. The molecule has 1 amide bonds. The second-order valence-electron chi connectivity index (χ2n) is 3.42. The van der Waals surface area contributed by atoms with Crippen molar-refractivity contribution < 1.29 is 9.28 Å². The lowest BCUT2D eigenvalue weighted by atomic mass is 9.83. The molecule has 0 aliphatic heterocycles. The highest BCUT2D eigenvalue weighted by atomic mass is 19.2. The summed E-state index contributed by atoms with van der Waals surface area (Å²) in [5.74, 6) is 0.201. The predicted octanol–water partition coefficient (Wildman–Crippen LogP) is 1.81. The van der Waals surface area contributed by atoms with Crippen molar-refractivity contribution in [3.8, 4) is 0 Å². The number of hydrogen-bond acceptors (Lipinski definition) is 1. The van der Waals surface area contributed by atoms with Crippen LogP contribution >= 0.6 is 0 Å². The van der Waals surface area contributed by atoms with E-state index in [0.29, 0.717) is 5.92 Å². The van der Waals surface area contributed by atoms with Gasteiger partial charge in [0.15, 0.2) is 0 Å². The molecule has 1 rings (SSSR count). The third-order valence-electron chi connectivity index (χ3n) is 2.48. The Morgan fingerprint density at radius 3 is 2.36 bits per heavy atom. The van der Waals surface area contributed by atoms with Gasteiger partial charge in [-0.1, -0.05) is 6.92 Å². The molecule has 0 spiro atoms. The van der Waals surface area contributed by atoms with Gasteiger partial charge >= 0.3 is 0 Å². The Labute approximate surface area is 66.1 Å². The van der Waals surface area contributed by atoms with Gasteiger partial charge in [0.25, 0.3) is 5.91 Å². The van der Waals surface area contributed by atoms with Crippen LogP contribution in [0.5, 0.6) is 0 Å². The molecule has 0 radical (unpaired) electrons. The van der Waals surface area contributed by atoms with E-state index in [0.717, 1.165) is 25.7 Å².